The summed E-state index contributed by atoms with van der Waals surface area (Å²) >= 11 is 0. The molecule has 3 aliphatic rings. The van der Waals surface area contributed by atoms with Gasteiger partial charge in [-0.3, -0.25) is 4.79 Å². The number of benzene rings is 1. The van der Waals surface area contributed by atoms with Crippen molar-refractivity contribution in [3.05, 3.63) is 29.8 Å². The topological polar surface area (TPSA) is 50.8 Å². The van der Waals surface area contributed by atoms with E-state index in [0.29, 0.717) is 5.41 Å². The summed E-state index contributed by atoms with van der Waals surface area (Å²) in [6.45, 7) is 4.63. The first-order chi connectivity index (χ1) is 12.2. The van der Waals surface area contributed by atoms with E-state index in [2.05, 4.69) is 10.2 Å². The number of fused-ring (bicyclic) bond motifs is 1. The molecule has 0 aromatic heterocycles. The number of hydrogen-bond donors (Lipinski definition) is 1. The van der Waals surface area contributed by atoms with Crippen molar-refractivity contribution in [2.75, 3.05) is 33.0 Å². The van der Waals surface area contributed by atoms with Gasteiger partial charge in [-0.2, -0.15) is 0 Å². The fourth-order valence-electron chi connectivity index (χ4n) is 3.68. The first-order valence-corrected chi connectivity index (χ1v) is 9.30. The molecule has 1 saturated carbocycles. The van der Waals surface area contributed by atoms with Crippen molar-refractivity contribution < 1.29 is 14.3 Å². The highest BCUT2D eigenvalue weighted by Gasteiger charge is 2.43. The zero-order valence-electron chi connectivity index (χ0n) is 14.6. The molecule has 134 valence electrons. The number of rotatable bonds is 6. The summed E-state index contributed by atoms with van der Waals surface area (Å²) in [5.74, 6) is 1.47. The molecule has 1 amide bonds. The maximum Gasteiger partial charge on any atom is 0.244 e. The predicted molar refractivity (Wildman–Crippen MR) is 96.6 cm³/mol. The molecule has 5 heteroatoms. The number of nitrogens with zero attached hydrogens (tertiary/aromatic N) is 1. The summed E-state index contributed by atoms with van der Waals surface area (Å²) in [5, 5.41) is 3.09. The summed E-state index contributed by atoms with van der Waals surface area (Å²) in [5.41, 5.74) is 1.26. The molecule has 1 aromatic carbocycles. The molecule has 1 N–H and O–H groups in total. The van der Waals surface area contributed by atoms with Crippen LogP contribution in [0.5, 0.6) is 11.5 Å². The maximum atomic E-state index is 12.1. The first-order valence-electron chi connectivity index (χ1n) is 9.30. The van der Waals surface area contributed by atoms with Crippen LogP contribution in [-0.4, -0.2) is 43.8 Å². The fourth-order valence-corrected chi connectivity index (χ4v) is 3.68. The minimum absolute atomic E-state index is 0.0254. The summed E-state index contributed by atoms with van der Waals surface area (Å²) in [7, 11) is 0. The van der Waals surface area contributed by atoms with Crippen LogP contribution in [0.15, 0.2) is 24.3 Å². The van der Waals surface area contributed by atoms with Crippen molar-refractivity contribution in [1.29, 1.82) is 0 Å². The van der Waals surface area contributed by atoms with E-state index < -0.39 is 0 Å². The largest absolute Gasteiger partial charge is 0.454 e. The summed E-state index contributed by atoms with van der Waals surface area (Å²) in [4.78, 5) is 14.7. The van der Waals surface area contributed by atoms with E-state index in [9.17, 15) is 4.79 Å². The lowest BCUT2D eigenvalue weighted by molar-refractivity contribution is -0.116. The Hall–Kier alpha value is -2.01. The lowest BCUT2D eigenvalue weighted by Crippen LogP contribution is -2.39. The van der Waals surface area contributed by atoms with Crippen LogP contribution in [0.1, 0.15) is 37.7 Å². The van der Waals surface area contributed by atoms with Gasteiger partial charge in [0, 0.05) is 24.6 Å². The second kappa shape index (κ2) is 7.08. The lowest BCUT2D eigenvalue weighted by atomic mass is 10.0. The minimum atomic E-state index is -0.0254. The highest BCUT2D eigenvalue weighted by molar-refractivity contribution is 5.91. The second-order valence-corrected chi connectivity index (χ2v) is 7.50. The molecule has 1 aromatic rings. The van der Waals surface area contributed by atoms with Crippen molar-refractivity contribution in [2.45, 2.75) is 32.1 Å². The molecule has 0 bridgehead atoms. The van der Waals surface area contributed by atoms with Crippen LogP contribution in [-0.2, 0) is 4.79 Å². The molecular weight excluding hydrogens is 316 g/mol. The van der Waals surface area contributed by atoms with Crippen molar-refractivity contribution >= 4 is 12.0 Å². The van der Waals surface area contributed by atoms with Crippen molar-refractivity contribution in [2.24, 2.45) is 5.41 Å². The normalized spacial score (nSPS) is 21.4. The van der Waals surface area contributed by atoms with Crippen LogP contribution >= 0.6 is 0 Å². The lowest BCUT2D eigenvalue weighted by Gasteiger charge is -2.30. The van der Waals surface area contributed by atoms with Gasteiger partial charge in [0.25, 0.3) is 0 Å². The highest BCUT2D eigenvalue weighted by Crippen LogP contribution is 2.46. The smallest absolute Gasteiger partial charge is 0.244 e. The van der Waals surface area contributed by atoms with Crippen molar-refractivity contribution in [1.82, 2.24) is 10.2 Å². The van der Waals surface area contributed by atoms with E-state index in [0.717, 1.165) is 30.2 Å². The van der Waals surface area contributed by atoms with Gasteiger partial charge in [-0.25, -0.2) is 0 Å². The molecule has 2 heterocycles. The van der Waals surface area contributed by atoms with Crippen LogP contribution in [0.2, 0.25) is 0 Å². The van der Waals surface area contributed by atoms with Gasteiger partial charge in [0.1, 0.15) is 0 Å². The molecule has 2 fully saturated rings. The van der Waals surface area contributed by atoms with Crippen LogP contribution in [0, 0.1) is 5.41 Å². The van der Waals surface area contributed by atoms with Gasteiger partial charge in [0.05, 0.1) is 0 Å². The van der Waals surface area contributed by atoms with Gasteiger partial charge < -0.3 is 19.7 Å². The Morgan fingerprint density at radius 3 is 2.76 bits per heavy atom. The van der Waals surface area contributed by atoms with Crippen LogP contribution in [0.25, 0.3) is 6.08 Å². The Morgan fingerprint density at radius 1 is 1.16 bits per heavy atom. The van der Waals surface area contributed by atoms with E-state index in [1.807, 2.05) is 24.3 Å². The second-order valence-electron chi connectivity index (χ2n) is 7.50. The zero-order valence-corrected chi connectivity index (χ0v) is 14.6. The SMILES string of the molecule is O=C(/C=C/c1ccc2c(c1)OCO2)NCC1(CN2CCCCC2)CC1. The quantitative estimate of drug-likeness (QED) is 0.808. The predicted octanol–water partition coefficient (Wildman–Crippen LogP) is 2.81. The maximum absolute atomic E-state index is 12.1. The number of nitrogens with one attached hydrogen (secondary N) is 1. The molecule has 0 atom stereocenters. The molecular formula is C20H26N2O3. The number of carbonyl (C=O) groups is 1. The van der Waals surface area contributed by atoms with Gasteiger partial charge in [-0.15, -0.1) is 0 Å². The van der Waals surface area contributed by atoms with E-state index in [1.54, 1.807) is 6.08 Å². The molecule has 0 spiro atoms. The average Bonchev–Trinajstić information content (AvgIpc) is 3.24. The molecule has 5 nitrogen and oxygen atoms in total. The number of piperidine rings is 1. The Morgan fingerprint density at radius 2 is 1.96 bits per heavy atom. The minimum Gasteiger partial charge on any atom is -0.454 e. The van der Waals surface area contributed by atoms with Crippen molar-refractivity contribution in [3.63, 3.8) is 0 Å². The number of likely N-dealkylation sites (tertiary alicyclic amines) is 1. The molecule has 0 radical (unpaired) electrons. The third-order valence-electron chi connectivity index (χ3n) is 5.43. The van der Waals surface area contributed by atoms with Gasteiger partial charge in [0.15, 0.2) is 11.5 Å². The van der Waals surface area contributed by atoms with Gasteiger partial charge in [0.2, 0.25) is 12.7 Å². The van der Waals surface area contributed by atoms with Crippen LogP contribution in [0.4, 0.5) is 0 Å². The summed E-state index contributed by atoms with van der Waals surface area (Å²) < 4.78 is 10.7. The van der Waals surface area contributed by atoms with Gasteiger partial charge in [-0.05, 0) is 62.5 Å². The number of ether oxygens (including phenoxy) is 2. The number of amides is 1. The standard InChI is InChI=1S/C20H26N2O3/c23-19(7-5-16-4-6-17-18(12-16)25-15-24-17)21-13-20(8-9-20)14-22-10-2-1-3-11-22/h4-7,12H,1-3,8-11,13-15H2,(H,21,23)/b7-5+. The molecule has 25 heavy (non-hydrogen) atoms. The Kier molecular flexibility index (Phi) is 4.66. The van der Waals surface area contributed by atoms with E-state index in [4.69, 9.17) is 9.47 Å². The summed E-state index contributed by atoms with van der Waals surface area (Å²) in [6.07, 6.45) is 9.90. The Bertz CT molecular complexity index is 661. The van der Waals surface area contributed by atoms with Gasteiger partial charge in [-0.1, -0.05) is 12.5 Å². The van der Waals surface area contributed by atoms with E-state index in [1.165, 1.54) is 45.2 Å². The van der Waals surface area contributed by atoms with Crippen LogP contribution in [0.3, 0.4) is 0 Å². The molecule has 0 unspecified atom stereocenters. The zero-order chi connectivity index (χ0) is 17.1. The van der Waals surface area contributed by atoms with Crippen LogP contribution < -0.4 is 14.8 Å². The number of hydrogen-bond acceptors (Lipinski definition) is 4. The monoisotopic (exact) mass is 342 g/mol. The van der Waals surface area contributed by atoms with Gasteiger partial charge >= 0.3 is 0 Å². The fraction of sp³-hybridized carbons (Fsp3) is 0.550. The van der Waals surface area contributed by atoms with E-state index in [-0.39, 0.29) is 12.7 Å². The Labute approximate surface area is 149 Å². The number of carbonyl (C=O) groups excluding carboxylic acids is 1. The Balaban J connectivity index is 1.26. The third kappa shape index (κ3) is 4.15. The molecule has 4 rings (SSSR count). The highest BCUT2D eigenvalue weighted by atomic mass is 16.7. The summed E-state index contributed by atoms with van der Waals surface area (Å²) in [6, 6.07) is 5.69. The molecule has 1 saturated heterocycles. The van der Waals surface area contributed by atoms with E-state index >= 15 is 0 Å². The molecule has 2 aliphatic heterocycles. The molecule has 1 aliphatic carbocycles. The first kappa shape index (κ1) is 16.5. The third-order valence-corrected chi connectivity index (χ3v) is 5.43. The average molecular weight is 342 g/mol. The van der Waals surface area contributed by atoms with Crippen molar-refractivity contribution in [3.8, 4) is 11.5 Å².